The summed E-state index contributed by atoms with van der Waals surface area (Å²) in [7, 11) is 4.88. The number of hydrogen-bond acceptors (Lipinski definition) is 5. The smallest absolute Gasteiger partial charge is 0.203 e. The quantitative estimate of drug-likeness (QED) is 0.466. The largest absolute Gasteiger partial charge is 0.493 e. The van der Waals surface area contributed by atoms with Gasteiger partial charge in [-0.2, -0.15) is 11.3 Å². The molecule has 0 radical (unpaired) electrons. The van der Waals surface area contributed by atoms with Crippen molar-refractivity contribution in [3.8, 4) is 17.2 Å². The summed E-state index contributed by atoms with van der Waals surface area (Å²) in [4.78, 5) is 4.73. The van der Waals surface area contributed by atoms with Crippen LogP contribution < -0.4 is 24.8 Å². The molecule has 0 aliphatic rings. The average molecular weight is 406 g/mol. The summed E-state index contributed by atoms with van der Waals surface area (Å²) in [5.74, 6) is 3.20. The van der Waals surface area contributed by atoms with Gasteiger partial charge in [0.25, 0.3) is 0 Å². The highest BCUT2D eigenvalue weighted by Crippen LogP contribution is 2.39. The summed E-state index contributed by atoms with van der Waals surface area (Å²) < 4.78 is 16.4. The molecule has 2 N–H and O–H groups in total. The zero-order chi connectivity index (χ0) is 20.4. The van der Waals surface area contributed by atoms with Gasteiger partial charge in [-0.3, -0.25) is 4.99 Å². The molecule has 1 unspecified atom stereocenters. The van der Waals surface area contributed by atoms with Crippen molar-refractivity contribution in [1.29, 1.82) is 0 Å². The van der Waals surface area contributed by atoms with Crippen molar-refractivity contribution in [1.82, 2.24) is 10.6 Å². The summed E-state index contributed by atoms with van der Waals surface area (Å²) in [5.41, 5.74) is 2.38. The first-order valence-electron chi connectivity index (χ1n) is 9.46. The first kappa shape index (κ1) is 21.9. The van der Waals surface area contributed by atoms with E-state index in [2.05, 4.69) is 41.3 Å². The number of rotatable bonds is 10. The number of ether oxygens (including phenoxy) is 3. The molecular weight excluding hydrogens is 374 g/mol. The van der Waals surface area contributed by atoms with E-state index >= 15 is 0 Å². The summed E-state index contributed by atoms with van der Waals surface area (Å²) >= 11 is 1.72. The van der Waals surface area contributed by atoms with Gasteiger partial charge >= 0.3 is 0 Å². The standard InChI is InChI=1S/C21H31N3O3S/c1-6-22-21(24-13-15(2)17-10-12-28-14-17)23-11-9-16-7-8-18(25-3)20(27-5)19(16)26-4/h7-8,10,12,14-15H,6,9,11,13H2,1-5H3,(H2,22,23,24). The van der Waals surface area contributed by atoms with Crippen LogP contribution in [0.2, 0.25) is 0 Å². The second-order valence-electron chi connectivity index (χ2n) is 6.35. The molecule has 0 saturated heterocycles. The Bertz CT molecular complexity index is 748. The van der Waals surface area contributed by atoms with Crippen LogP contribution in [-0.4, -0.2) is 46.9 Å². The predicted octanol–water partition coefficient (Wildman–Crippen LogP) is 3.68. The van der Waals surface area contributed by atoms with E-state index in [0.29, 0.717) is 23.2 Å². The molecule has 7 heteroatoms. The van der Waals surface area contributed by atoms with E-state index in [0.717, 1.165) is 37.6 Å². The van der Waals surface area contributed by atoms with Crippen LogP contribution in [0.15, 0.2) is 34.0 Å². The summed E-state index contributed by atoms with van der Waals surface area (Å²) in [5, 5.41) is 11.0. The van der Waals surface area contributed by atoms with E-state index in [1.54, 1.807) is 32.7 Å². The summed E-state index contributed by atoms with van der Waals surface area (Å²) in [6.45, 7) is 6.55. The van der Waals surface area contributed by atoms with Gasteiger partial charge in [0, 0.05) is 31.1 Å². The lowest BCUT2D eigenvalue weighted by atomic mass is 10.1. The Labute approximate surface area is 171 Å². The summed E-state index contributed by atoms with van der Waals surface area (Å²) in [6.07, 6.45) is 0.772. The highest BCUT2D eigenvalue weighted by atomic mass is 32.1. The van der Waals surface area contributed by atoms with Crippen molar-refractivity contribution >= 4 is 17.3 Å². The lowest BCUT2D eigenvalue weighted by Crippen LogP contribution is -2.38. The number of benzene rings is 1. The Balaban J connectivity index is 1.99. The van der Waals surface area contributed by atoms with Gasteiger partial charge in [-0.15, -0.1) is 0 Å². The third-order valence-electron chi connectivity index (χ3n) is 4.45. The molecule has 0 fully saturated rings. The van der Waals surface area contributed by atoms with Gasteiger partial charge in [0.1, 0.15) is 0 Å². The Morgan fingerprint density at radius 2 is 1.86 bits per heavy atom. The number of hydrogen-bond donors (Lipinski definition) is 2. The second-order valence-corrected chi connectivity index (χ2v) is 7.13. The lowest BCUT2D eigenvalue weighted by molar-refractivity contribution is 0.322. The van der Waals surface area contributed by atoms with E-state index in [9.17, 15) is 0 Å². The van der Waals surface area contributed by atoms with Crippen molar-refractivity contribution in [2.45, 2.75) is 26.2 Å². The van der Waals surface area contributed by atoms with E-state index in [1.807, 2.05) is 12.1 Å². The molecule has 1 heterocycles. The average Bonchev–Trinajstić information content (AvgIpc) is 3.26. The first-order chi connectivity index (χ1) is 13.6. The maximum Gasteiger partial charge on any atom is 0.203 e. The minimum Gasteiger partial charge on any atom is -0.493 e. The fourth-order valence-corrected chi connectivity index (χ4v) is 3.69. The highest BCUT2D eigenvalue weighted by Gasteiger charge is 2.15. The van der Waals surface area contributed by atoms with Crippen molar-refractivity contribution in [2.24, 2.45) is 4.99 Å². The van der Waals surface area contributed by atoms with Gasteiger partial charge in [-0.05, 0) is 41.8 Å². The maximum atomic E-state index is 5.56. The van der Waals surface area contributed by atoms with Crippen molar-refractivity contribution in [2.75, 3.05) is 41.0 Å². The van der Waals surface area contributed by atoms with Gasteiger partial charge in [-0.25, -0.2) is 0 Å². The fraction of sp³-hybridized carbons (Fsp3) is 0.476. The third-order valence-corrected chi connectivity index (χ3v) is 5.15. The van der Waals surface area contributed by atoms with Crippen LogP contribution >= 0.6 is 11.3 Å². The van der Waals surface area contributed by atoms with Crippen molar-refractivity contribution < 1.29 is 14.2 Å². The minimum atomic E-state index is 0.396. The Hall–Kier alpha value is -2.41. The zero-order valence-corrected chi connectivity index (χ0v) is 18.2. The molecule has 6 nitrogen and oxygen atoms in total. The van der Waals surface area contributed by atoms with Crippen LogP contribution in [-0.2, 0) is 6.42 Å². The molecule has 2 aromatic rings. The van der Waals surface area contributed by atoms with Gasteiger partial charge < -0.3 is 24.8 Å². The molecular formula is C21H31N3O3S. The first-order valence-corrected chi connectivity index (χ1v) is 10.4. The second kappa shape index (κ2) is 11.4. The molecule has 0 aliphatic carbocycles. The molecule has 0 spiro atoms. The molecule has 0 saturated carbocycles. The number of aliphatic imine (C=N–C) groups is 1. The van der Waals surface area contributed by atoms with Crippen molar-refractivity contribution in [3.05, 3.63) is 40.1 Å². The SMILES string of the molecule is CCNC(=NCC(C)c1ccsc1)NCCc1ccc(OC)c(OC)c1OC. The van der Waals surface area contributed by atoms with Crippen molar-refractivity contribution in [3.63, 3.8) is 0 Å². The molecule has 1 atom stereocenters. The van der Waals surface area contributed by atoms with E-state index in [-0.39, 0.29) is 0 Å². The summed E-state index contributed by atoms with van der Waals surface area (Å²) in [6, 6.07) is 6.07. The molecule has 2 rings (SSSR count). The molecule has 0 bridgehead atoms. The molecule has 1 aromatic heterocycles. The number of nitrogens with zero attached hydrogens (tertiary/aromatic N) is 1. The lowest BCUT2D eigenvalue weighted by Gasteiger charge is -2.17. The Kier molecular flexibility index (Phi) is 8.94. The Morgan fingerprint density at radius 3 is 2.46 bits per heavy atom. The van der Waals surface area contributed by atoms with Gasteiger partial charge in [0.2, 0.25) is 5.75 Å². The predicted molar refractivity (Wildman–Crippen MR) is 117 cm³/mol. The molecule has 0 amide bonds. The highest BCUT2D eigenvalue weighted by molar-refractivity contribution is 7.07. The zero-order valence-electron chi connectivity index (χ0n) is 17.4. The number of thiophene rings is 1. The number of nitrogens with one attached hydrogen (secondary N) is 2. The number of methoxy groups -OCH3 is 3. The molecule has 154 valence electrons. The maximum absolute atomic E-state index is 5.56. The van der Waals surface area contributed by atoms with Crippen LogP contribution in [0.3, 0.4) is 0 Å². The van der Waals surface area contributed by atoms with E-state index in [4.69, 9.17) is 19.2 Å². The molecule has 0 aliphatic heterocycles. The van der Waals surface area contributed by atoms with Gasteiger partial charge in [-0.1, -0.05) is 13.0 Å². The molecule has 1 aromatic carbocycles. The number of guanidine groups is 1. The fourth-order valence-electron chi connectivity index (χ4n) is 2.91. The topological polar surface area (TPSA) is 64.1 Å². The third kappa shape index (κ3) is 5.79. The van der Waals surface area contributed by atoms with Crippen LogP contribution in [0.1, 0.15) is 30.9 Å². The van der Waals surface area contributed by atoms with Crippen LogP contribution in [0, 0.1) is 0 Å². The van der Waals surface area contributed by atoms with E-state index in [1.165, 1.54) is 5.56 Å². The van der Waals surface area contributed by atoms with Crippen LogP contribution in [0.4, 0.5) is 0 Å². The minimum absolute atomic E-state index is 0.396. The van der Waals surface area contributed by atoms with Gasteiger partial charge in [0.05, 0.1) is 21.3 Å². The molecule has 28 heavy (non-hydrogen) atoms. The van der Waals surface area contributed by atoms with E-state index < -0.39 is 0 Å². The van der Waals surface area contributed by atoms with Crippen LogP contribution in [0.25, 0.3) is 0 Å². The monoisotopic (exact) mass is 405 g/mol. The normalized spacial score (nSPS) is 12.4. The Morgan fingerprint density at radius 1 is 1.07 bits per heavy atom. The van der Waals surface area contributed by atoms with Gasteiger partial charge in [0.15, 0.2) is 17.5 Å². The van der Waals surface area contributed by atoms with Crippen LogP contribution in [0.5, 0.6) is 17.2 Å².